The summed E-state index contributed by atoms with van der Waals surface area (Å²) in [6, 6.07) is 11.9. The number of rotatable bonds is 7. The number of anilines is 1. The van der Waals surface area contributed by atoms with Gasteiger partial charge in [-0.25, -0.2) is 4.79 Å². The quantitative estimate of drug-likeness (QED) is 0.472. The lowest BCUT2D eigenvalue weighted by atomic mass is 10.0. The van der Waals surface area contributed by atoms with Gasteiger partial charge < -0.3 is 14.8 Å². The van der Waals surface area contributed by atoms with E-state index in [-0.39, 0.29) is 19.1 Å². The zero-order valence-corrected chi connectivity index (χ0v) is 19.3. The second-order valence-corrected chi connectivity index (χ2v) is 8.31. The first kappa shape index (κ1) is 22.6. The van der Waals surface area contributed by atoms with Crippen molar-refractivity contribution in [2.24, 2.45) is 0 Å². The highest BCUT2D eigenvalue weighted by molar-refractivity contribution is 7.15. The number of carbonyl (C=O) groups is 2. The first-order valence-electron chi connectivity index (χ1n) is 10.2. The summed E-state index contributed by atoms with van der Waals surface area (Å²) in [5.74, 6) is -0.0728. The van der Waals surface area contributed by atoms with E-state index >= 15 is 0 Å². The maximum Gasteiger partial charge on any atom is 0.341 e. The van der Waals surface area contributed by atoms with E-state index in [9.17, 15) is 9.59 Å². The van der Waals surface area contributed by atoms with Gasteiger partial charge in [0.2, 0.25) is 0 Å². The molecule has 2 aromatic carbocycles. The van der Waals surface area contributed by atoms with Crippen LogP contribution in [0.5, 0.6) is 5.75 Å². The Kier molecular flexibility index (Phi) is 7.13. The van der Waals surface area contributed by atoms with Gasteiger partial charge in [0, 0.05) is 10.9 Å². The minimum atomic E-state index is -0.457. The van der Waals surface area contributed by atoms with Gasteiger partial charge in [0.25, 0.3) is 5.91 Å². The Morgan fingerprint density at radius 1 is 0.968 bits per heavy atom. The average Bonchev–Trinajstić information content (AvgIpc) is 3.15. The van der Waals surface area contributed by atoms with Crippen LogP contribution >= 0.6 is 11.3 Å². The summed E-state index contributed by atoms with van der Waals surface area (Å²) in [7, 11) is 0. The lowest BCUT2D eigenvalue weighted by Crippen LogP contribution is -2.21. The highest BCUT2D eigenvalue weighted by Crippen LogP contribution is 2.36. The highest BCUT2D eigenvalue weighted by Gasteiger charge is 2.23. The Balaban J connectivity index is 1.82. The number of carbonyl (C=O) groups excluding carboxylic acids is 2. The minimum absolute atomic E-state index is 0.148. The van der Waals surface area contributed by atoms with Gasteiger partial charge in [-0.1, -0.05) is 42.0 Å². The molecule has 0 saturated carbocycles. The summed E-state index contributed by atoms with van der Waals surface area (Å²) in [4.78, 5) is 25.3. The van der Waals surface area contributed by atoms with Crippen LogP contribution in [0, 0.1) is 27.7 Å². The predicted molar refractivity (Wildman–Crippen MR) is 125 cm³/mol. The van der Waals surface area contributed by atoms with Crippen molar-refractivity contribution in [3.05, 3.63) is 69.6 Å². The van der Waals surface area contributed by atoms with Gasteiger partial charge in [0.15, 0.2) is 6.61 Å². The van der Waals surface area contributed by atoms with Crippen molar-refractivity contribution in [2.45, 2.75) is 34.6 Å². The minimum Gasteiger partial charge on any atom is -0.483 e. The van der Waals surface area contributed by atoms with Gasteiger partial charge in [-0.2, -0.15) is 0 Å². The van der Waals surface area contributed by atoms with Crippen LogP contribution in [0.2, 0.25) is 0 Å². The van der Waals surface area contributed by atoms with Crippen molar-refractivity contribution in [3.63, 3.8) is 0 Å². The molecule has 0 fully saturated rings. The summed E-state index contributed by atoms with van der Waals surface area (Å²) in [5, 5.41) is 5.15. The van der Waals surface area contributed by atoms with Crippen molar-refractivity contribution in [3.8, 4) is 16.9 Å². The van der Waals surface area contributed by atoms with Gasteiger partial charge in [0.05, 0.1) is 6.61 Å². The molecule has 0 spiro atoms. The van der Waals surface area contributed by atoms with Crippen LogP contribution in [0.3, 0.4) is 0 Å². The second kappa shape index (κ2) is 9.79. The van der Waals surface area contributed by atoms with Crippen molar-refractivity contribution >= 4 is 28.2 Å². The van der Waals surface area contributed by atoms with E-state index < -0.39 is 5.97 Å². The first-order valence-corrected chi connectivity index (χ1v) is 11.0. The third-order valence-corrected chi connectivity index (χ3v) is 6.00. The van der Waals surface area contributed by atoms with Crippen molar-refractivity contribution in [1.29, 1.82) is 0 Å². The summed E-state index contributed by atoms with van der Waals surface area (Å²) < 4.78 is 11.1. The molecule has 0 aliphatic heterocycles. The lowest BCUT2D eigenvalue weighted by molar-refractivity contribution is -0.118. The van der Waals surface area contributed by atoms with Crippen molar-refractivity contribution < 1.29 is 19.1 Å². The molecule has 0 unspecified atom stereocenters. The van der Waals surface area contributed by atoms with Gasteiger partial charge >= 0.3 is 5.97 Å². The van der Waals surface area contributed by atoms with E-state index in [1.807, 2.05) is 69.5 Å². The third kappa shape index (κ3) is 5.14. The molecule has 3 aromatic rings. The summed E-state index contributed by atoms with van der Waals surface area (Å²) in [6.45, 7) is 9.80. The number of esters is 1. The number of amides is 1. The largest absolute Gasteiger partial charge is 0.483 e. The molecule has 0 aliphatic carbocycles. The van der Waals surface area contributed by atoms with E-state index in [4.69, 9.17) is 9.47 Å². The summed E-state index contributed by atoms with van der Waals surface area (Å²) in [6.07, 6.45) is 0. The standard InChI is InChI=1S/C25H27NO4S/c1-6-29-25(28)22-20(19-11-7-15(2)8-12-19)14-31-24(22)26-21(27)13-30-23-17(4)10-9-16(3)18(23)5/h7-12,14H,6,13H2,1-5H3,(H,26,27). The molecule has 0 saturated heterocycles. The van der Waals surface area contributed by atoms with E-state index in [0.717, 1.165) is 33.4 Å². The molecule has 0 bridgehead atoms. The average molecular weight is 438 g/mol. The molecule has 1 heterocycles. The second-order valence-electron chi connectivity index (χ2n) is 7.43. The number of nitrogens with one attached hydrogen (secondary N) is 1. The molecule has 5 nitrogen and oxygen atoms in total. The molecule has 162 valence electrons. The zero-order chi connectivity index (χ0) is 22.5. The van der Waals surface area contributed by atoms with E-state index in [2.05, 4.69) is 5.32 Å². The fourth-order valence-corrected chi connectivity index (χ4v) is 4.22. The van der Waals surface area contributed by atoms with Gasteiger partial charge in [-0.15, -0.1) is 11.3 Å². The van der Waals surface area contributed by atoms with Crippen LogP contribution in [0.4, 0.5) is 5.00 Å². The Morgan fingerprint density at radius 3 is 2.32 bits per heavy atom. The number of hydrogen-bond acceptors (Lipinski definition) is 5. The molecule has 0 aliphatic rings. The Hall–Kier alpha value is -3.12. The Morgan fingerprint density at radius 2 is 1.65 bits per heavy atom. The maximum absolute atomic E-state index is 12.7. The number of benzene rings is 2. The topological polar surface area (TPSA) is 64.6 Å². The predicted octanol–water partition coefficient (Wildman–Crippen LogP) is 5.84. The number of ether oxygens (including phenoxy) is 2. The lowest BCUT2D eigenvalue weighted by Gasteiger charge is -2.14. The molecule has 6 heteroatoms. The molecule has 0 radical (unpaired) electrons. The molecular formula is C25H27NO4S. The molecule has 1 aromatic heterocycles. The molecule has 0 atom stereocenters. The van der Waals surface area contributed by atoms with E-state index in [1.54, 1.807) is 6.92 Å². The summed E-state index contributed by atoms with van der Waals surface area (Å²) in [5.41, 5.74) is 6.22. The highest BCUT2D eigenvalue weighted by atomic mass is 32.1. The smallest absolute Gasteiger partial charge is 0.341 e. The molecular weight excluding hydrogens is 410 g/mol. The van der Waals surface area contributed by atoms with E-state index in [0.29, 0.717) is 16.3 Å². The van der Waals surface area contributed by atoms with Crippen LogP contribution in [0.15, 0.2) is 41.8 Å². The molecule has 1 N–H and O–H groups in total. The number of aryl methyl sites for hydroxylation is 3. The fourth-order valence-electron chi connectivity index (χ4n) is 3.25. The Labute approximate surface area is 187 Å². The fraction of sp³-hybridized carbons (Fsp3) is 0.280. The Bertz CT molecular complexity index is 1100. The maximum atomic E-state index is 12.7. The van der Waals surface area contributed by atoms with Crippen LogP contribution < -0.4 is 10.1 Å². The van der Waals surface area contributed by atoms with Gasteiger partial charge in [0.1, 0.15) is 16.3 Å². The number of hydrogen-bond donors (Lipinski definition) is 1. The monoisotopic (exact) mass is 437 g/mol. The van der Waals surface area contributed by atoms with E-state index in [1.165, 1.54) is 11.3 Å². The molecule has 1 amide bonds. The van der Waals surface area contributed by atoms with Crippen molar-refractivity contribution in [2.75, 3.05) is 18.5 Å². The SMILES string of the molecule is CCOC(=O)c1c(-c2ccc(C)cc2)csc1NC(=O)COc1c(C)ccc(C)c1C. The van der Waals surface area contributed by atoms with Crippen LogP contribution in [0.25, 0.3) is 11.1 Å². The number of thiophene rings is 1. The normalized spacial score (nSPS) is 10.6. The summed E-state index contributed by atoms with van der Waals surface area (Å²) >= 11 is 1.30. The van der Waals surface area contributed by atoms with Crippen molar-refractivity contribution in [1.82, 2.24) is 0 Å². The van der Waals surface area contributed by atoms with Gasteiger partial charge in [-0.3, -0.25) is 4.79 Å². The van der Waals surface area contributed by atoms with Crippen LogP contribution in [-0.2, 0) is 9.53 Å². The third-order valence-electron chi connectivity index (χ3n) is 5.11. The van der Waals surface area contributed by atoms with Crippen LogP contribution in [0.1, 0.15) is 39.5 Å². The van der Waals surface area contributed by atoms with Gasteiger partial charge in [-0.05, 0) is 56.9 Å². The molecule has 31 heavy (non-hydrogen) atoms. The zero-order valence-electron chi connectivity index (χ0n) is 18.5. The first-order chi connectivity index (χ1) is 14.8. The molecule has 3 rings (SSSR count). The van der Waals surface area contributed by atoms with Crippen LogP contribution in [-0.4, -0.2) is 25.1 Å².